The highest BCUT2D eigenvalue weighted by Crippen LogP contribution is 2.34. The summed E-state index contributed by atoms with van der Waals surface area (Å²) in [6, 6.07) is 3.88. The molecule has 0 N–H and O–H groups in total. The number of carbonyl (C=O) groups is 1. The maximum absolute atomic E-state index is 11.7. The summed E-state index contributed by atoms with van der Waals surface area (Å²) in [5.41, 5.74) is 0.941. The third kappa shape index (κ3) is 1.97. The Balaban J connectivity index is 2.55. The molecule has 0 bridgehead atoms. The summed E-state index contributed by atoms with van der Waals surface area (Å²) in [4.78, 5) is 17.5. The number of esters is 1. The lowest BCUT2D eigenvalue weighted by Crippen LogP contribution is -2.02. The van der Waals surface area contributed by atoms with E-state index in [1.165, 1.54) is 11.3 Å². The van der Waals surface area contributed by atoms with E-state index in [2.05, 4.69) is 20.9 Å². The summed E-state index contributed by atoms with van der Waals surface area (Å²) < 4.78 is 5.76. The number of hydrogen-bond donors (Lipinski definition) is 0. The Hall–Kier alpha value is -0.940. The zero-order valence-electron chi connectivity index (χ0n) is 8.91. The second kappa shape index (κ2) is 4.51. The van der Waals surface area contributed by atoms with E-state index in [4.69, 9.17) is 4.74 Å². The van der Waals surface area contributed by atoms with Gasteiger partial charge in [0.2, 0.25) is 0 Å². The predicted molar refractivity (Wildman–Crippen MR) is 68.0 cm³/mol. The Morgan fingerprint density at radius 2 is 2.31 bits per heavy atom. The zero-order chi connectivity index (χ0) is 11.7. The van der Waals surface area contributed by atoms with Gasteiger partial charge in [-0.05, 0) is 41.9 Å². The molecular weight excluding hydrogens is 290 g/mol. The normalized spacial score (nSPS) is 10.7. The molecule has 3 nitrogen and oxygen atoms in total. The van der Waals surface area contributed by atoms with E-state index in [9.17, 15) is 4.79 Å². The maximum atomic E-state index is 11.7. The van der Waals surface area contributed by atoms with Crippen molar-refractivity contribution in [2.24, 2.45) is 0 Å². The van der Waals surface area contributed by atoms with Crippen LogP contribution in [0, 0.1) is 6.92 Å². The number of halogens is 1. The van der Waals surface area contributed by atoms with Crippen molar-refractivity contribution in [1.82, 2.24) is 4.98 Å². The number of aromatic nitrogens is 1. The second-order valence-electron chi connectivity index (χ2n) is 3.27. The Labute approximate surface area is 106 Å². The van der Waals surface area contributed by atoms with Gasteiger partial charge in [-0.1, -0.05) is 0 Å². The first-order valence-corrected chi connectivity index (χ1v) is 6.47. The summed E-state index contributed by atoms with van der Waals surface area (Å²) in [7, 11) is 0. The molecular formula is C11H10BrNO2S. The van der Waals surface area contributed by atoms with Crippen molar-refractivity contribution >= 4 is 43.5 Å². The lowest BCUT2D eigenvalue weighted by Gasteiger charge is -1.97. The third-order valence-electron chi connectivity index (χ3n) is 2.09. The fourth-order valence-electron chi connectivity index (χ4n) is 1.37. The molecule has 0 fully saturated rings. The van der Waals surface area contributed by atoms with Gasteiger partial charge in [-0.15, -0.1) is 11.3 Å². The van der Waals surface area contributed by atoms with Gasteiger partial charge in [-0.25, -0.2) is 9.78 Å². The highest BCUT2D eigenvalue weighted by Gasteiger charge is 2.18. The minimum Gasteiger partial charge on any atom is -0.462 e. The van der Waals surface area contributed by atoms with Crippen molar-refractivity contribution in [1.29, 1.82) is 0 Å². The molecule has 0 aromatic carbocycles. The number of thiophene rings is 1. The van der Waals surface area contributed by atoms with Crippen molar-refractivity contribution in [2.45, 2.75) is 13.8 Å². The number of ether oxygens (including phenoxy) is 1. The van der Waals surface area contributed by atoms with Crippen LogP contribution in [0.5, 0.6) is 0 Å². The molecule has 0 saturated heterocycles. The van der Waals surface area contributed by atoms with Crippen LogP contribution < -0.4 is 0 Å². The van der Waals surface area contributed by atoms with Crippen molar-refractivity contribution in [2.75, 3.05) is 6.61 Å². The van der Waals surface area contributed by atoms with Gasteiger partial charge in [0.1, 0.15) is 9.71 Å². The number of hydrogen-bond acceptors (Lipinski definition) is 4. The van der Waals surface area contributed by atoms with Gasteiger partial charge in [0, 0.05) is 11.1 Å². The van der Waals surface area contributed by atoms with Gasteiger partial charge < -0.3 is 4.74 Å². The second-order valence-corrected chi connectivity index (χ2v) is 5.06. The molecule has 84 valence electrons. The zero-order valence-corrected chi connectivity index (χ0v) is 11.3. The van der Waals surface area contributed by atoms with Gasteiger partial charge >= 0.3 is 5.97 Å². The Kier molecular flexibility index (Phi) is 3.25. The molecule has 0 aliphatic carbocycles. The standard InChI is InChI=1S/C11H10BrNO2S/c1-3-15-11(14)9-8(12)7-5-4-6(2)13-10(7)16-9/h4-5H,3H2,1-2H3. The first-order chi connectivity index (χ1) is 7.63. The van der Waals surface area contributed by atoms with E-state index in [0.29, 0.717) is 11.5 Å². The molecule has 2 rings (SSSR count). The first kappa shape index (κ1) is 11.5. The highest BCUT2D eigenvalue weighted by molar-refractivity contribution is 9.10. The van der Waals surface area contributed by atoms with Crippen LogP contribution in [0.1, 0.15) is 22.3 Å². The SMILES string of the molecule is CCOC(=O)c1sc2nc(C)ccc2c1Br. The van der Waals surface area contributed by atoms with Crippen molar-refractivity contribution in [3.63, 3.8) is 0 Å². The summed E-state index contributed by atoms with van der Waals surface area (Å²) in [6.07, 6.45) is 0. The average Bonchev–Trinajstić information content (AvgIpc) is 2.56. The number of nitrogens with zero attached hydrogens (tertiary/aromatic N) is 1. The monoisotopic (exact) mass is 299 g/mol. The van der Waals surface area contributed by atoms with E-state index >= 15 is 0 Å². The molecule has 2 aromatic rings. The average molecular weight is 300 g/mol. The van der Waals surface area contributed by atoms with Gasteiger partial charge in [0.15, 0.2) is 0 Å². The van der Waals surface area contributed by atoms with E-state index < -0.39 is 0 Å². The van der Waals surface area contributed by atoms with Crippen LogP contribution in [-0.2, 0) is 4.74 Å². The van der Waals surface area contributed by atoms with Crippen molar-refractivity contribution < 1.29 is 9.53 Å². The number of aryl methyl sites for hydroxylation is 1. The quantitative estimate of drug-likeness (QED) is 0.796. The van der Waals surface area contributed by atoms with Crippen LogP contribution in [0.2, 0.25) is 0 Å². The predicted octanol–water partition coefficient (Wildman–Crippen LogP) is 3.54. The van der Waals surface area contributed by atoms with E-state index in [1.807, 2.05) is 19.1 Å². The van der Waals surface area contributed by atoms with Gasteiger partial charge in [-0.3, -0.25) is 0 Å². The Morgan fingerprint density at radius 3 is 3.00 bits per heavy atom. The minimum atomic E-state index is -0.296. The van der Waals surface area contributed by atoms with E-state index in [0.717, 1.165) is 20.4 Å². The smallest absolute Gasteiger partial charge is 0.349 e. The number of fused-ring (bicyclic) bond motifs is 1. The highest BCUT2D eigenvalue weighted by atomic mass is 79.9. The van der Waals surface area contributed by atoms with Crippen LogP contribution >= 0.6 is 27.3 Å². The number of carbonyl (C=O) groups excluding carboxylic acids is 1. The molecule has 0 aliphatic rings. The topological polar surface area (TPSA) is 39.2 Å². The van der Waals surface area contributed by atoms with E-state index in [-0.39, 0.29) is 5.97 Å². The van der Waals surface area contributed by atoms with Crippen LogP contribution in [0.25, 0.3) is 10.2 Å². The van der Waals surface area contributed by atoms with Crippen LogP contribution in [-0.4, -0.2) is 17.6 Å². The Bertz CT molecular complexity index is 550. The minimum absolute atomic E-state index is 0.296. The fourth-order valence-corrected chi connectivity index (χ4v) is 3.23. The third-order valence-corrected chi connectivity index (χ3v) is 4.26. The fraction of sp³-hybridized carbons (Fsp3) is 0.273. The summed E-state index contributed by atoms with van der Waals surface area (Å²) in [5.74, 6) is -0.296. The van der Waals surface area contributed by atoms with Gasteiger partial charge in [0.05, 0.1) is 11.1 Å². The summed E-state index contributed by atoms with van der Waals surface area (Å²) in [5, 5.41) is 0.957. The molecule has 0 aliphatic heterocycles. The van der Waals surface area contributed by atoms with Crippen LogP contribution in [0.4, 0.5) is 0 Å². The molecule has 0 spiro atoms. The lowest BCUT2D eigenvalue weighted by atomic mass is 10.3. The lowest BCUT2D eigenvalue weighted by molar-refractivity contribution is 0.0531. The van der Waals surface area contributed by atoms with Crippen molar-refractivity contribution in [3.05, 3.63) is 27.2 Å². The molecule has 0 unspecified atom stereocenters. The van der Waals surface area contributed by atoms with Gasteiger partial charge in [-0.2, -0.15) is 0 Å². The molecule has 0 amide bonds. The molecule has 2 heterocycles. The summed E-state index contributed by atoms with van der Waals surface area (Å²) in [6.45, 7) is 4.10. The number of rotatable bonds is 2. The first-order valence-electron chi connectivity index (χ1n) is 4.86. The van der Waals surface area contributed by atoms with Crippen LogP contribution in [0.15, 0.2) is 16.6 Å². The molecule has 0 saturated carbocycles. The summed E-state index contributed by atoms with van der Waals surface area (Å²) >= 11 is 4.77. The Morgan fingerprint density at radius 1 is 1.56 bits per heavy atom. The van der Waals surface area contributed by atoms with Crippen molar-refractivity contribution in [3.8, 4) is 0 Å². The van der Waals surface area contributed by atoms with E-state index in [1.54, 1.807) is 6.92 Å². The number of pyridine rings is 1. The van der Waals surface area contributed by atoms with Crippen LogP contribution in [0.3, 0.4) is 0 Å². The largest absolute Gasteiger partial charge is 0.462 e. The molecule has 0 atom stereocenters. The molecule has 0 radical (unpaired) electrons. The molecule has 5 heteroatoms. The molecule has 2 aromatic heterocycles. The van der Waals surface area contributed by atoms with Gasteiger partial charge in [0.25, 0.3) is 0 Å². The molecule has 16 heavy (non-hydrogen) atoms. The maximum Gasteiger partial charge on any atom is 0.349 e.